The van der Waals surface area contributed by atoms with E-state index in [2.05, 4.69) is 14.7 Å². The monoisotopic (exact) mass is 428 g/mol. The molecule has 0 spiro atoms. The third-order valence-corrected chi connectivity index (χ3v) is 4.34. The number of imidazole rings is 1. The molecule has 0 aliphatic rings. The molecule has 0 unspecified atom stereocenters. The van der Waals surface area contributed by atoms with Crippen LogP contribution < -0.4 is 10.3 Å². The molecule has 1 aromatic carbocycles. The largest absolute Gasteiger partial charge is 0.573 e. The standard InChI is InChI=1S/C18H10F6N4O2/c1-9-11(3-2-4-25-9)28-12-7-10(17(19,20)21)8-13(30-18(22,23)24)14(12)27-6-5-26-15(27)16(28)29/h2-8H,1H3. The maximum absolute atomic E-state index is 13.4. The number of halogens is 6. The Kier molecular flexibility index (Phi) is 4.26. The summed E-state index contributed by atoms with van der Waals surface area (Å²) in [5.74, 6) is -1.12. The Morgan fingerprint density at radius 1 is 1.03 bits per heavy atom. The molecule has 30 heavy (non-hydrogen) atoms. The molecule has 0 saturated carbocycles. The number of hydrogen-bond acceptors (Lipinski definition) is 4. The first kappa shape index (κ1) is 19.7. The average Bonchev–Trinajstić information content (AvgIpc) is 3.10. The second kappa shape index (κ2) is 6.47. The summed E-state index contributed by atoms with van der Waals surface area (Å²) >= 11 is 0. The Morgan fingerprint density at radius 2 is 1.77 bits per heavy atom. The van der Waals surface area contributed by atoms with Crippen LogP contribution in [0.2, 0.25) is 0 Å². The molecule has 0 aliphatic heterocycles. The van der Waals surface area contributed by atoms with E-state index in [0.29, 0.717) is 6.07 Å². The number of benzene rings is 1. The van der Waals surface area contributed by atoms with Crippen LogP contribution in [0, 0.1) is 6.92 Å². The zero-order valence-corrected chi connectivity index (χ0v) is 14.9. The van der Waals surface area contributed by atoms with Crippen LogP contribution in [-0.4, -0.2) is 25.3 Å². The molecule has 0 amide bonds. The molecule has 4 rings (SSSR count). The number of rotatable bonds is 2. The third kappa shape index (κ3) is 3.23. The van der Waals surface area contributed by atoms with Crippen molar-refractivity contribution in [3.8, 4) is 11.4 Å². The van der Waals surface area contributed by atoms with Gasteiger partial charge in [0.05, 0.1) is 22.5 Å². The van der Waals surface area contributed by atoms with Crippen molar-refractivity contribution in [2.75, 3.05) is 0 Å². The molecule has 3 heterocycles. The number of alkyl halides is 6. The molecule has 156 valence electrons. The Bertz CT molecular complexity index is 1340. The van der Waals surface area contributed by atoms with E-state index < -0.39 is 40.4 Å². The van der Waals surface area contributed by atoms with Crippen LogP contribution in [0.4, 0.5) is 26.3 Å². The summed E-state index contributed by atoms with van der Waals surface area (Å²) < 4.78 is 85.0. The smallest absolute Gasteiger partial charge is 0.403 e. The first-order valence-electron chi connectivity index (χ1n) is 8.28. The van der Waals surface area contributed by atoms with Crippen LogP contribution in [0.3, 0.4) is 0 Å². The lowest BCUT2D eigenvalue weighted by molar-refractivity contribution is -0.274. The Hall–Kier alpha value is -3.57. The molecule has 0 saturated heterocycles. The summed E-state index contributed by atoms with van der Waals surface area (Å²) in [5, 5.41) is 0. The minimum Gasteiger partial charge on any atom is -0.403 e. The number of ether oxygens (including phenoxy) is 1. The van der Waals surface area contributed by atoms with Crippen LogP contribution in [0.25, 0.3) is 22.4 Å². The average molecular weight is 428 g/mol. The predicted molar refractivity (Wildman–Crippen MR) is 92.5 cm³/mol. The molecule has 0 atom stereocenters. The lowest BCUT2D eigenvalue weighted by Crippen LogP contribution is -2.25. The van der Waals surface area contributed by atoms with E-state index in [1.165, 1.54) is 25.3 Å². The fourth-order valence-corrected chi connectivity index (χ4v) is 3.17. The van der Waals surface area contributed by atoms with Gasteiger partial charge in [-0.15, -0.1) is 13.2 Å². The van der Waals surface area contributed by atoms with Gasteiger partial charge >= 0.3 is 12.5 Å². The topological polar surface area (TPSA) is 61.4 Å². The van der Waals surface area contributed by atoms with E-state index in [4.69, 9.17) is 0 Å². The number of fused-ring (bicyclic) bond motifs is 3. The first-order valence-corrected chi connectivity index (χ1v) is 8.28. The molecule has 0 N–H and O–H groups in total. The number of nitrogens with zero attached hydrogens (tertiary/aromatic N) is 4. The van der Waals surface area contributed by atoms with Gasteiger partial charge in [-0.05, 0) is 31.2 Å². The van der Waals surface area contributed by atoms with Crippen molar-refractivity contribution in [3.63, 3.8) is 0 Å². The number of aromatic nitrogens is 4. The highest BCUT2D eigenvalue weighted by Gasteiger charge is 2.37. The van der Waals surface area contributed by atoms with Crippen LogP contribution >= 0.6 is 0 Å². The zero-order chi connectivity index (χ0) is 21.8. The van der Waals surface area contributed by atoms with Gasteiger partial charge in [0.2, 0.25) is 5.65 Å². The van der Waals surface area contributed by atoms with Crippen molar-refractivity contribution in [2.45, 2.75) is 19.5 Å². The molecule has 0 fully saturated rings. The van der Waals surface area contributed by atoms with E-state index in [9.17, 15) is 31.1 Å². The SMILES string of the molecule is Cc1ncccc1-n1c(=O)c2nccn2c2c(OC(F)(F)F)cc(C(F)(F)F)cc21. The second-order valence-corrected chi connectivity index (χ2v) is 6.26. The normalized spacial score (nSPS) is 12.6. The molecule has 6 nitrogen and oxygen atoms in total. The fraction of sp³-hybridized carbons (Fsp3) is 0.167. The van der Waals surface area contributed by atoms with Crippen LogP contribution in [0.15, 0.2) is 47.7 Å². The van der Waals surface area contributed by atoms with Crippen molar-refractivity contribution < 1.29 is 31.1 Å². The second-order valence-electron chi connectivity index (χ2n) is 6.26. The summed E-state index contributed by atoms with van der Waals surface area (Å²) in [6, 6.07) is 3.68. The van der Waals surface area contributed by atoms with Crippen molar-refractivity contribution in [3.05, 3.63) is 64.5 Å². The van der Waals surface area contributed by atoms with Crippen molar-refractivity contribution >= 4 is 16.7 Å². The molecule has 0 bridgehead atoms. The summed E-state index contributed by atoms with van der Waals surface area (Å²) in [6.07, 6.45) is -6.55. The molecule has 12 heteroatoms. The quantitative estimate of drug-likeness (QED) is 0.448. The molecule has 0 aliphatic carbocycles. The highest BCUT2D eigenvalue weighted by atomic mass is 19.4. The van der Waals surface area contributed by atoms with Crippen molar-refractivity contribution in [1.29, 1.82) is 0 Å². The number of pyridine rings is 1. The van der Waals surface area contributed by atoms with E-state index in [0.717, 1.165) is 21.4 Å². The maximum Gasteiger partial charge on any atom is 0.573 e. The van der Waals surface area contributed by atoms with Gasteiger partial charge in [0.1, 0.15) is 5.52 Å². The summed E-state index contributed by atoms with van der Waals surface area (Å²) in [6.45, 7) is 1.50. The van der Waals surface area contributed by atoms with Gasteiger partial charge in [0.15, 0.2) is 5.75 Å². The highest BCUT2D eigenvalue weighted by Crippen LogP contribution is 2.38. The van der Waals surface area contributed by atoms with Crippen LogP contribution in [-0.2, 0) is 6.18 Å². The van der Waals surface area contributed by atoms with Gasteiger partial charge in [-0.1, -0.05) is 0 Å². The fourth-order valence-electron chi connectivity index (χ4n) is 3.17. The number of hydrogen-bond donors (Lipinski definition) is 0. The van der Waals surface area contributed by atoms with E-state index in [-0.39, 0.29) is 23.1 Å². The highest BCUT2D eigenvalue weighted by molar-refractivity contribution is 5.87. The van der Waals surface area contributed by atoms with Gasteiger partial charge < -0.3 is 4.74 Å². The van der Waals surface area contributed by atoms with Gasteiger partial charge in [-0.3, -0.25) is 18.7 Å². The number of aryl methyl sites for hydroxylation is 1. The van der Waals surface area contributed by atoms with Gasteiger partial charge in [-0.25, -0.2) is 4.98 Å². The lowest BCUT2D eigenvalue weighted by Gasteiger charge is -2.19. The van der Waals surface area contributed by atoms with Crippen molar-refractivity contribution in [2.24, 2.45) is 0 Å². The Morgan fingerprint density at radius 3 is 2.40 bits per heavy atom. The van der Waals surface area contributed by atoms with Crippen LogP contribution in [0.5, 0.6) is 5.75 Å². The maximum atomic E-state index is 13.4. The van der Waals surface area contributed by atoms with E-state index in [1.807, 2.05) is 0 Å². The zero-order valence-electron chi connectivity index (χ0n) is 14.9. The summed E-state index contributed by atoms with van der Waals surface area (Å²) in [7, 11) is 0. The summed E-state index contributed by atoms with van der Waals surface area (Å²) in [5.41, 5.74) is -3.03. The van der Waals surface area contributed by atoms with Gasteiger partial charge in [-0.2, -0.15) is 13.2 Å². The predicted octanol–water partition coefficient (Wildman–Crippen LogP) is 4.26. The van der Waals surface area contributed by atoms with Crippen molar-refractivity contribution in [1.82, 2.24) is 18.9 Å². The van der Waals surface area contributed by atoms with Crippen LogP contribution in [0.1, 0.15) is 11.3 Å². The molecular weight excluding hydrogens is 418 g/mol. The molecule has 3 aromatic heterocycles. The Balaban J connectivity index is 2.26. The minimum absolute atomic E-state index is 0.0929. The molecule has 0 radical (unpaired) electrons. The third-order valence-electron chi connectivity index (χ3n) is 4.34. The molecular formula is C18H10F6N4O2. The lowest BCUT2D eigenvalue weighted by atomic mass is 10.1. The molecule has 4 aromatic rings. The van der Waals surface area contributed by atoms with Gasteiger partial charge in [0.25, 0.3) is 5.56 Å². The van der Waals surface area contributed by atoms with E-state index in [1.54, 1.807) is 0 Å². The first-order chi connectivity index (χ1) is 14.0. The minimum atomic E-state index is -5.27. The van der Waals surface area contributed by atoms with Gasteiger partial charge in [0, 0.05) is 18.6 Å². The van der Waals surface area contributed by atoms with E-state index >= 15 is 0 Å². The summed E-state index contributed by atoms with van der Waals surface area (Å²) in [4.78, 5) is 20.9. The Labute approximate surface area is 163 Å².